The summed E-state index contributed by atoms with van der Waals surface area (Å²) in [6.45, 7) is 4.84. The summed E-state index contributed by atoms with van der Waals surface area (Å²) in [5, 5.41) is 6.98. The number of benzene rings is 1. The Bertz CT molecular complexity index is 653. The third kappa shape index (κ3) is 7.66. The third-order valence-electron chi connectivity index (χ3n) is 5.79. The van der Waals surface area contributed by atoms with Crippen LogP contribution >= 0.6 is 35.7 Å². The van der Waals surface area contributed by atoms with E-state index in [9.17, 15) is 4.79 Å². The molecule has 1 aromatic carbocycles. The van der Waals surface area contributed by atoms with Crippen molar-refractivity contribution in [3.63, 3.8) is 0 Å². The number of nitrogens with one attached hydrogen (secondary N) is 2. The molecule has 0 radical (unpaired) electrons. The molecule has 2 fully saturated rings. The van der Waals surface area contributed by atoms with Gasteiger partial charge in [-0.15, -0.1) is 24.0 Å². The second-order valence-corrected chi connectivity index (χ2v) is 9.09. The van der Waals surface area contributed by atoms with E-state index in [4.69, 9.17) is 0 Å². The molecule has 0 atom stereocenters. The number of nitrogens with zero attached hydrogens (tertiary/aromatic N) is 2. The monoisotopic (exact) mass is 530 g/mol. The second kappa shape index (κ2) is 12.7. The highest BCUT2D eigenvalue weighted by Gasteiger charge is 2.30. The van der Waals surface area contributed by atoms with Crippen LogP contribution in [0, 0.1) is 12.8 Å². The van der Waals surface area contributed by atoms with Gasteiger partial charge < -0.3 is 15.5 Å². The fourth-order valence-electron chi connectivity index (χ4n) is 3.99. The van der Waals surface area contributed by atoms with Gasteiger partial charge in [-0.25, -0.2) is 0 Å². The number of halogens is 1. The first-order valence-corrected chi connectivity index (χ1v) is 11.7. The summed E-state index contributed by atoms with van der Waals surface area (Å²) in [6, 6.07) is 9.10. The third-order valence-corrected chi connectivity index (χ3v) is 6.73. The van der Waals surface area contributed by atoms with Crippen LogP contribution in [-0.4, -0.2) is 61.0 Å². The number of hydrogen-bond acceptors (Lipinski definition) is 3. The molecule has 162 valence electrons. The molecule has 0 unspecified atom stereocenters. The lowest BCUT2D eigenvalue weighted by atomic mass is 9.85. The molecule has 1 amide bonds. The number of carbonyl (C=O) groups is 1. The topological polar surface area (TPSA) is 56.7 Å². The van der Waals surface area contributed by atoms with Crippen LogP contribution in [0.3, 0.4) is 0 Å². The van der Waals surface area contributed by atoms with Crippen molar-refractivity contribution in [2.45, 2.75) is 45.1 Å². The standard InChI is InChI=1S/C22H34N4OS.HI/c1-17-3-5-18(6-4-17)11-12-24-22(23-2)25-20-9-7-19(8-10-20)21(27)26-13-15-28-16-14-26;/h3-6,19-20H,7-16H2,1-2H3,(H2,23,24,25);1H. The minimum atomic E-state index is 0. The molecule has 1 saturated heterocycles. The number of rotatable bonds is 5. The van der Waals surface area contributed by atoms with E-state index < -0.39 is 0 Å². The van der Waals surface area contributed by atoms with E-state index >= 15 is 0 Å². The first-order valence-electron chi connectivity index (χ1n) is 10.5. The maximum atomic E-state index is 12.7. The van der Waals surface area contributed by atoms with E-state index in [1.807, 2.05) is 18.8 Å². The Morgan fingerprint density at radius 2 is 1.79 bits per heavy atom. The van der Waals surface area contributed by atoms with Gasteiger partial charge in [0.15, 0.2) is 5.96 Å². The van der Waals surface area contributed by atoms with E-state index in [-0.39, 0.29) is 29.9 Å². The molecule has 7 heteroatoms. The lowest BCUT2D eigenvalue weighted by Gasteiger charge is -2.34. The Hall–Kier alpha value is -0.960. The quantitative estimate of drug-likeness (QED) is 0.348. The van der Waals surface area contributed by atoms with Gasteiger partial charge in [-0.3, -0.25) is 9.79 Å². The van der Waals surface area contributed by atoms with Gasteiger partial charge in [-0.2, -0.15) is 11.8 Å². The van der Waals surface area contributed by atoms with Gasteiger partial charge in [0, 0.05) is 50.1 Å². The average Bonchev–Trinajstić information content (AvgIpc) is 2.75. The molecule has 0 bridgehead atoms. The van der Waals surface area contributed by atoms with Crippen molar-refractivity contribution in [2.24, 2.45) is 10.9 Å². The Labute approximate surface area is 196 Å². The van der Waals surface area contributed by atoms with Crippen molar-refractivity contribution in [2.75, 3.05) is 38.2 Å². The summed E-state index contributed by atoms with van der Waals surface area (Å²) in [5.74, 6) is 3.66. The Morgan fingerprint density at radius 1 is 1.14 bits per heavy atom. The van der Waals surface area contributed by atoms with Crippen LogP contribution in [0.15, 0.2) is 29.3 Å². The van der Waals surface area contributed by atoms with Gasteiger partial charge in [0.2, 0.25) is 5.91 Å². The van der Waals surface area contributed by atoms with Crippen LogP contribution in [0.5, 0.6) is 0 Å². The molecule has 5 nitrogen and oxygen atoms in total. The summed E-state index contributed by atoms with van der Waals surface area (Å²) in [4.78, 5) is 19.2. The van der Waals surface area contributed by atoms with Crippen LogP contribution in [0.4, 0.5) is 0 Å². The molecule has 1 aliphatic carbocycles. The van der Waals surface area contributed by atoms with E-state index in [1.54, 1.807) is 0 Å². The molecule has 3 rings (SSSR count). The smallest absolute Gasteiger partial charge is 0.225 e. The zero-order valence-electron chi connectivity index (χ0n) is 17.7. The van der Waals surface area contributed by atoms with E-state index in [0.29, 0.717) is 11.9 Å². The van der Waals surface area contributed by atoms with Crippen LogP contribution in [0.1, 0.15) is 36.8 Å². The Morgan fingerprint density at radius 3 is 2.41 bits per heavy atom. The highest BCUT2D eigenvalue weighted by atomic mass is 127. The summed E-state index contributed by atoms with van der Waals surface area (Å²) >= 11 is 1.95. The van der Waals surface area contributed by atoms with Crippen molar-refractivity contribution < 1.29 is 4.79 Å². The number of amides is 1. The number of aliphatic imine (C=N–C) groups is 1. The minimum absolute atomic E-state index is 0. The summed E-state index contributed by atoms with van der Waals surface area (Å²) in [6.07, 6.45) is 5.03. The van der Waals surface area contributed by atoms with Crippen molar-refractivity contribution >= 4 is 47.6 Å². The molecule has 2 aliphatic rings. The van der Waals surface area contributed by atoms with Crippen molar-refractivity contribution in [3.8, 4) is 0 Å². The molecule has 1 aliphatic heterocycles. The Kier molecular flexibility index (Phi) is 10.6. The number of guanidine groups is 1. The fraction of sp³-hybridized carbons (Fsp3) is 0.636. The molecule has 1 heterocycles. The second-order valence-electron chi connectivity index (χ2n) is 7.87. The highest BCUT2D eigenvalue weighted by molar-refractivity contribution is 14.0. The summed E-state index contributed by atoms with van der Waals surface area (Å²) in [7, 11) is 1.82. The number of thioether (sulfide) groups is 1. The zero-order valence-corrected chi connectivity index (χ0v) is 20.8. The van der Waals surface area contributed by atoms with E-state index in [0.717, 1.165) is 69.2 Å². The zero-order chi connectivity index (χ0) is 19.8. The maximum Gasteiger partial charge on any atom is 0.225 e. The molecule has 0 aromatic heterocycles. The molecule has 2 N–H and O–H groups in total. The Balaban J connectivity index is 0.00000300. The minimum Gasteiger partial charge on any atom is -0.356 e. The van der Waals surface area contributed by atoms with Gasteiger partial charge in [0.1, 0.15) is 0 Å². The van der Waals surface area contributed by atoms with Gasteiger partial charge in [-0.1, -0.05) is 29.8 Å². The van der Waals surface area contributed by atoms with Crippen molar-refractivity contribution in [1.82, 2.24) is 15.5 Å². The average molecular weight is 531 g/mol. The van der Waals surface area contributed by atoms with Crippen molar-refractivity contribution in [1.29, 1.82) is 0 Å². The summed E-state index contributed by atoms with van der Waals surface area (Å²) < 4.78 is 0. The molecular formula is C22H35IN4OS. The van der Waals surface area contributed by atoms with Crippen LogP contribution < -0.4 is 10.6 Å². The van der Waals surface area contributed by atoms with Crippen LogP contribution in [0.2, 0.25) is 0 Å². The largest absolute Gasteiger partial charge is 0.356 e. The number of carbonyl (C=O) groups excluding carboxylic acids is 1. The highest BCUT2D eigenvalue weighted by Crippen LogP contribution is 2.27. The SMILES string of the molecule is CN=C(NCCc1ccc(C)cc1)NC1CCC(C(=O)N2CCSCC2)CC1.I. The maximum absolute atomic E-state index is 12.7. The van der Waals surface area contributed by atoms with Gasteiger partial charge in [0.25, 0.3) is 0 Å². The number of hydrogen-bond donors (Lipinski definition) is 2. The lowest BCUT2D eigenvalue weighted by Crippen LogP contribution is -2.47. The van der Waals surface area contributed by atoms with Gasteiger partial charge >= 0.3 is 0 Å². The molecule has 0 spiro atoms. The van der Waals surface area contributed by atoms with E-state index in [2.05, 4.69) is 51.7 Å². The molecule has 1 saturated carbocycles. The van der Waals surface area contributed by atoms with Crippen molar-refractivity contribution in [3.05, 3.63) is 35.4 Å². The lowest BCUT2D eigenvalue weighted by molar-refractivity contribution is -0.136. The van der Waals surface area contributed by atoms with Crippen LogP contribution in [-0.2, 0) is 11.2 Å². The summed E-state index contributed by atoms with van der Waals surface area (Å²) in [5.41, 5.74) is 2.63. The van der Waals surface area contributed by atoms with Gasteiger partial charge in [0.05, 0.1) is 0 Å². The van der Waals surface area contributed by atoms with Crippen LogP contribution in [0.25, 0.3) is 0 Å². The first-order chi connectivity index (χ1) is 13.7. The predicted molar refractivity (Wildman–Crippen MR) is 134 cm³/mol. The normalized spacial score (nSPS) is 22.6. The predicted octanol–water partition coefficient (Wildman–Crippen LogP) is 3.45. The van der Waals surface area contributed by atoms with E-state index in [1.165, 1.54) is 11.1 Å². The molecule has 1 aromatic rings. The molecular weight excluding hydrogens is 495 g/mol. The molecule has 29 heavy (non-hydrogen) atoms. The van der Waals surface area contributed by atoms with Gasteiger partial charge in [-0.05, 0) is 44.6 Å². The fourth-order valence-corrected chi connectivity index (χ4v) is 4.90. The first kappa shape index (κ1) is 24.3. The number of aryl methyl sites for hydroxylation is 1.